The summed E-state index contributed by atoms with van der Waals surface area (Å²) in [5.74, 6) is -2.48. The van der Waals surface area contributed by atoms with Gasteiger partial charge in [0.15, 0.2) is 5.78 Å². The van der Waals surface area contributed by atoms with Crippen molar-refractivity contribution in [1.29, 1.82) is 0 Å². The summed E-state index contributed by atoms with van der Waals surface area (Å²) in [7, 11) is 0. The van der Waals surface area contributed by atoms with Crippen LogP contribution in [0.25, 0.3) is 5.76 Å². The topological polar surface area (TPSA) is 101 Å². The van der Waals surface area contributed by atoms with Gasteiger partial charge in [0.05, 0.1) is 11.0 Å². The first-order chi connectivity index (χ1) is 18.2. The summed E-state index contributed by atoms with van der Waals surface area (Å²) in [6, 6.07) is 8.54. The molecule has 6 nitrogen and oxygen atoms in total. The summed E-state index contributed by atoms with van der Waals surface area (Å²) in [4.78, 5) is 39.9. The number of Topliss-reactive ketones (excluding diaryl/α,β-unsaturated/α-hetero) is 2. The number of aliphatic hydroxyl groups is 1. The van der Waals surface area contributed by atoms with E-state index in [0.717, 1.165) is 11.1 Å². The van der Waals surface area contributed by atoms with Gasteiger partial charge in [0, 0.05) is 11.1 Å². The predicted molar refractivity (Wildman–Crippen MR) is 153 cm³/mol. The fourth-order valence-electron chi connectivity index (χ4n) is 4.90. The summed E-state index contributed by atoms with van der Waals surface area (Å²) in [5, 5.41) is 20.7. The molecule has 2 unspecified atom stereocenters. The van der Waals surface area contributed by atoms with Crippen molar-refractivity contribution < 1.29 is 29.3 Å². The van der Waals surface area contributed by atoms with Crippen LogP contribution in [0.4, 0.5) is 0 Å². The minimum atomic E-state index is -1.32. The largest absolute Gasteiger partial charge is 0.506 e. The summed E-state index contributed by atoms with van der Waals surface area (Å²) < 4.78 is 6.42. The van der Waals surface area contributed by atoms with Gasteiger partial charge in [-0.1, -0.05) is 60.2 Å². The highest BCUT2D eigenvalue weighted by Gasteiger charge is 2.55. The third kappa shape index (κ3) is 6.22. The summed E-state index contributed by atoms with van der Waals surface area (Å²) in [5.41, 5.74) is 0.205. The number of carboxylic acids is 1. The lowest BCUT2D eigenvalue weighted by atomic mass is 9.62. The maximum absolute atomic E-state index is 14.6. The molecule has 0 saturated carbocycles. The predicted octanol–water partition coefficient (Wildman–Crippen LogP) is 7.07. The zero-order valence-corrected chi connectivity index (χ0v) is 23.6. The van der Waals surface area contributed by atoms with Gasteiger partial charge in [-0.3, -0.25) is 9.59 Å². The first-order valence-electron chi connectivity index (χ1n) is 13.1. The van der Waals surface area contributed by atoms with Crippen molar-refractivity contribution in [3.8, 4) is 0 Å². The van der Waals surface area contributed by atoms with Crippen LogP contribution in [0.1, 0.15) is 66.4 Å². The average molecular weight is 531 g/mol. The van der Waals surface area contributed by atoms with E-state index in [1.165, 1.54) is 6.92 Å². The summed E-state index contributed by atoms with van der Waals surface area (Å²) >= 11 is 0. The molecule has 0 radical (unpaired) electrons. The Hall–Kier alpha value is -3.93. The third-order valence-corrected chi connectivity index (χ3v) is 7.31. The van der Waals surface area contributed by atoms with Crippen LogP contribution >= 0.6 is 0 Å². The number of benzene rings is 1. The molecule has 0 amide bonds. The molecule has 1 aromatic carbocycles. The fourth-order valence-corrected chi connectivity index (χ4v) is 4.90. The number of hydrogen-bond acceptors (Lipinski definition) is 5. The maximum atomic E-state index is 14.6. The van der Waals surface area contributed by atoms with Gasteiger partial charge in [-0.25, -0.2) is 4.79 Å². The van der Waals surface area contributed by atoms with Crippen molar-refractivity contribution in [1.82, 2.24) is 0 Å². The number of ketones is 2. The van der Waals surface area contributed by atoms with Crippen LogP contribution < -0.4 is 0 Å². The molecular weight excluding hydrogens is 492 g/mol. The molecule has 206 valence electrons. The average Bonchev–Trinajstić information content (AvgIpc) is 2.87. The SMILES string of the molecule is C=C(C)C(CC=C(C)C(=O)O)CC1(CC=C(C)C)C(=O)C(=C(O)c2ccccc2)C(=O)C2=C1OC(C)(C)C=C2. The molecule has 3 rings (SSSR count). The normalized spacial score (nSPS) is 22.6. The van der Waals surface area contributed by atoms with E-state index >= 15 is 0 Å². The molecule has 0 spiro atoms. The van der Waals surface area contributed by atoms with Crippen LogP contribution in [-0.2, 0) is 19.1 Å². The lowest BCUT2D eigenvalue weighted by molar-refractivity contribution is -0.133. The van der Waals surface area contributed by atoms with E-state index in [4.69, 9.17) is 4.74 Å². The molecule has 6 heteroatoms. The number of allylic oxidation sites excluding steroid dienone is 8. The molecule has 2 aliphatic rings. The third-order valence-electron chi connectivity index (χ3n) is 7.31. The fraction of sp³-hybridized carbons (Fsp3) is 0.364. The van der Waals surface area contributed by atoms with Gasteiger partial charge in [-0.15, -0.1) is 0 Å². The Labute approximate surface area is 230 Å². The van der Waals surface area contributed by atoms with E-state index in [2.05, 4.69) is 6.58 Å². The van der Waals surface area contributed by atoms with Gasteiger partial charge in [-0.2, -0.15) is 0 Å². The van der Waals surface area contributed by atoms with E-state index in [9.17, 15) is 24.6 Å². The van der Waals surface area contributed by atoms with E-state index in [0.29, 0.717) is 12.0 Å². The van der Waals surface area contributed by atoms with E-state index in [-0.39, 0.29) is 47.0 Å². The Balaban J connectivity index is 2.33. The monoisotopic (exact) mass is 530 g/mol. The molecule has 1 aromatic rings. The van der Waals surface area contributed by atoms with Crippen molar-refractivity contribution in [2.45, 2.75) is 66.4 Å². The number of aliphatic hydroxyl groups excluding tert-OH is 1. The molecular formula is C33H38O6. The highest BCUT2D eigenvalue weighted by atomic mass is 16.5. The zero-order chi connectivity index (χ0) is 29.1. The number of carboxylic acid groups (broad SMARTS) is 1. The first kappa shape index (κ1) is 29.6. The van der Waals surface area contributed by atoms with Crippen LogP contribution in [0.5, 0.6) is 0 Å². The number of rotatable bonds is 9. The second-order valence-electron chi connectivity index (χ2n) is 11.3. The van der Waals surface area contributed by atoms with Gasteiger partial charge in [-0.05, 0) is 78.9 Å². The lowest BCUT2D eigenvalue weighted by Gasteiger charge is -2.44. The van der Waals surface area contributed by atoms with Crippen molar-refractivity contribution >= 4 is 23.3 Å². The highest BCUT2D eigenvalue weighted by Crippen LogP contribution is 2.52. The van der Waals surface area contributed by atoms with Crippen molar-refractivity contribution in [3.05, 3.63) is 100 Å². The van der Waals surface area contributed by atoms with Crippen LogP contribution in [0, 0.1) is 11.3 Å². The Morgan fingerprint density at radius 2 is 1.69 bits per heavy atom. The van der Waals surface area contributed by atoms with Gasteiger partial charge >= 0.3 is 5.97 Å². The first-order valence-corrected chi connectivity index (χ1v) is 13.1. The molecule has 39 heavy (non-hydrogen) atoms. The van der Waals surface area contributed by atoms with Crippen LogP contribution in [-0.4, -0.2) is 33.3 Å². The van der Waals surface area contributed by atoms with Crippen LogP contribution in [0.2, 0.25) is 0 Å². The Bertz CT molecular complexity index is 1350. The van der Waals surface area contributed by atoms with Gasteiger partial charge < -0.3 is 14.9 Å². The van der Waals surface area contributed by atoms with Crippen LogP contribution in [0.15, 0.2) is 94.8 Å². The number of ether oxygens (including phenoxy) is 1. The van der Waals surface area contributed by atoms with Crippen LogP contribution in [0.3, 0.4) is 0 Å². The smallest absolute Gasteiger partial charge is 0.330 e. The second-order valence-corrected chi connectivity index (χ2v) is 11.3. The van der Waals surface area contributed by atoms with E-state index in [1.807, 2.05) is 40.7 Å². The molecule has 0 saturated heterocycles. The van der Waals surface area contributed by atoms with Crippen molar-refractivity contribution in [2.24, 2.45) is 11.3 Å². The summed E-state index contributed by atoms with van der Waals surface area (Å²) in [6.07, 6.45) is 7.84. The Morgan fingerprint density at radius 1 is 1.05 bits per heavy atom. The Kier molecular flexibility index (Phi) is 8.69. The zero-order valence-electron chi connectivity index (χ0n) is 23.6. The summed E-state index contributed by atoms with van der Waals surface area (Å²) in [6.45, 7) is 15.1. The molecule has 0 fully saturated rings. The molecule has 1 aliphatic carbocycles. The molecule has 1 aliphatic heterocycles. The number of aliphatic carboxylic acids is 1. The molecule has 2 atom stereocenters. The minimum Gasteiger partial charge on any atom is -0.506 e. The van der Waals surface area contributed by atoms with Gasteiger partial charge in [0.2, 0.25) is 5.78 Å². The van der Waals surface area contributed by atoms with Gasteiger partial charge in [0.25, 0.3) is 0 Å². The number of hydrogen-bond donors (Lipinski definition) is 2. The number of carbonyl (C=O) groups excluding carboxylic acids is 2. The lowest BCUT2D eigenvalue weighted by Crippen LogP contribution is -2.47. The standard InChI is InChI=1S/C33H38O6/c1-20(2)15-18-33(19-24(21(3)4)14-13-22(5)31(37)38)29(36)26(27(34)23-11-9-8-10-12-23)28(35)25-16-17-32(6,7)39-30(25)33/h8-13,15-17,24,34H,3,14,18-19H2,1-2,4-7H3,(H,37,38). The van der Waals surface area contributed by atoms with Crippen molar-refractivity contribution in [2.75, 3.05) is 0 Å². The maximum Gasteiger partial charge on any atom is 0.330 e. The quantitative estimate of drug-likeness (QED) is 0.153. The molecule has 0 bridgehead atoms. The molecule has 2 N–H and O–H groups in total. The number of carbonyl (C=O) groups is 3. The van der Waals surface area contributed by atoms with Gasteiger partial charge in [0.1, 0.15) is 22.7 Å². The molecule has 0 aromatic heterocycles. The van der Waals surface area contributed by atoms with E-state index < -0.39 is 28.6 Å². The highest BCUT2D eigenvalue weighted by molar-refractivity contribution is 6.34. The molecule has 1 heterocycles. The van der Waals surface area contributed by atoms with E-state index in [1.54, 1.807) is 48.6 Å². The Morgan fingerprint density at radius 3 is 2.26 bits per heavy atom. The second kappa shape index (κ2) is 11.4. The minimum absolute atomic E-state index is 0.199. The van der Waals surface area contributed by atoms with Crippen molar-refractivity contribution in [3.63, 3.8) is 0 Å².